The lowest BCUT2D eigenvalue weighted by Crippen LogP contribution is -2.38. The first-order valence-corrected chi connectivity index (χ1v) is 5.48. The van der Waals surface area contributed by atoms with Crippen LogP contribution in [0.2, 0.25) is 0 Å². The molecule has 1 fully saturated rings. The van der Waals surface area contributed by atoms with Crippen LogP contribution in [0.4, 0.5) is 0 Å². The quantitative estimate of drug-likeness (QED) is 0.677. The SMILES string of the molecule is Cc1noc2c1CCC21CCNCC1. The van der Waals surface area contributed by atoms with Crippen LogP contribution in [0.15, 0.2) is 4.52 Å². The molecule has 0 bridgehead atoms. The molecule has 3 heteroatoms. The smallest absolute Gasteiger partial charge is 0.146 e. The number of piperidine rings is 1. The van der Waals surface area contributed by atoms with Crippen molar-refractivity contribution in [2.45, 2.75) is 38.0 Å². The molecule has 0 saturated carbocycles. The van der Waals surface area contributed by atoms with E-state index in [2.05, 4.69) is 17.4 Å². The van der Waals surface area contributed by atoms with Gasteiger partial charge in [0.15, 0.2) is 0 Å². The number of hydrogen-bond acceptors (Lipinski definition) is 3. The molecule has 1 N–H and O–H groups in total. The largest absolute Gasteiger partial charge is 0.360 e. The van der Waals surface area contributed by atoms with Crippen molar-refractivity contribution < 1.29 is 4.52 Å². The van der Waals surface area contributed by atoms with Crippen molar-refractivity contribution in [3.63, 3.8) is 0 Å². The zero-order valence-electron chi connectivity index (χ0n) is 8.60. The lowest BCUT2D eigenvalue weighted by molar-refractivity contribution is 0.233. The second kappa shape index (κ2) is 2.83. The summed E-state index contributed by atoms with van der Waals surface area (Å²) in [5, 5.41) is 7.50. The Kier molecular flexibility index (Phi) is 1.71. The van der Waals surface area contributed by atoms with Crippen molar-refractivity contribution in [1.29, 1.82) is 0 Å². The molecular weight excluding hydrogens is 176 g/mol. The Morgan fingerprint density at radius 3 is 2.86 bits per heavy atom. The number of aryl methyl sites for hydroxylation is 1. The van der Waals surface area contributed by atoms with Crippen LogP contribution in [0, 0.1) is 6.92 Å². The standard InChI is InChI=1S/C11H16N2O/c1-8-9-2-3-11(10(9)14-13-8)4-6-12-7-5-11/h12H,2-7H2,1H3. The molecule has 1 saturated heterocycles. The van der Waals surface area contributed by atoms with E-state index in [1.54, 1.807) is 0 Å². The zero-order chi connectivity index (χ0) is 9.60. The highest BCUT2D eigenvalue weighted by Gasteiger charge is 2.44. The van der Waals surface area contributed by atoms with Crippen LogP contribution in [0.1, 0.15) is 36.3 Å². The van der Waals surface area contributed by atoms with E-state index >= 15 is 0 Å². The van der Waals surface area contributed by atoms with Crippen LogP contribution in [-0.2, 0) is 11.8 Å². The molecule has 76 valence electrons. The van der Waals surface area contributed by atoms with Gasteiger partial charge in [0, 0.05) is 11.0 Å². The van der Waals surface area contributed by atoms with E-state index in [4.69, 9.17) is 4.52 Å². The number of nitrogens with zero attached hydrogens (tertiary/aromatic N) is 1. The van der Waals surface area contributed by atoms with Gasteiger partial charge in [-0.3, -0.25) is 0 Å². The molecule has 3 rings (SSSR count). The van der Waals surface area contributed by atoms with E-state index in [-0.39, 0.29) is 0 Å². The number of hydrogen-bond donors (Lipinski definition) is 1. The highest BCUT2D eigenvalue weighted by atomic mass is 16.5. The first-order chi connectivity index (χ1) is 6.82. The van der Waals surface area contributed by atoms with Gasteiger partial charge in [-0.1, -0.05) is 5.16 Å². The average molecular weight is 192 g/mol. The van der Waals surface area contributed by atoms with Crippen LogP contribution >= 0.6 is 0 Å². The average Bonchev–Trinajstić information content (AvgIpc) is 2.73. The van der Waals surface area contributed by atoms with Crippen molar-refractivity contribution in [2.24, 2.45) is 0 Å². The fraction of sp³-hybridized carbons (Fsp3) is 0.727. The third-order valence-electron chi connectivity index (χ3n) is 3.88. The van der Waals surface area contributed by atoms with Crippen molar-refractivity contribution >= 4 is 0 Å². The Balaban J connectivity index is 2.03. The minimum absolute atomic E-state index is 0.335. The van der Waals surface area contributed by atoms with Crippen molar-refractivity contribution in [1.82, 2.24) is 10.5 Å². The maximum Gasteiger partial charge on any atom is 0.146 e. The Morgan fingerprint density at radius 2 is 2.07 bits per heavy atom. The second-order valence-corrected chi connectivity index (χ2v) is 4.61. The minimum atomic E-state index is 0.335. The Bertz CT molecular complexity index is 350. The fourth-order valence-electron chi connectivity index (χ4n) is 2.96. The molecule has 1 aromatic heterocycles. The third-order valence-corrected chi connectivity index (χ3v) is 3.88. The molecule has 3 nitrogen and oxygen atoms in total. The summed E-state index contributed by atoms with van der Waals surface area (Å²) in [4.78, 5) is 0. The minimum Gasteiger partial charge on any atom is -0.360 e. The first-order valence-electron chi connectivity index (χ1n) is 5.48. The van der Waals surface area contributed by atoms with Gasteiger partial charge in [-0.15, -0.1) is 0 Å². The van der Waals surface area contributed by atoms with Gasteiger partial charge in [-0.25, -0.2) is 0 Å². The highest BCUT2D eigenvalue weighted by Crippen LogP contribution is 2.45. The van der Waals surface area contributed by atoms with Gasteiger partial charge in [0.25, 0.3) is 0 Å². The topological polar surface area (TPSA) is 38.1 Å². The highest BCUT2D eigenvalue weighted by molar-refractivity contribution is 5.34. The van der Waals surface area contributed by atoms with Crippen LogP contribution < -0.4 is 5.32 Å². The molecule has 2 aliphatic rings. The van der Waals surface area contributed by atoms with Crippen LogP contribution in [0.25, 0.3) is 0 Å². The van der Waals surface area contributed by atoms with E-state index in [0.717, 1.165) is 18.8 Å². The zero-order valence-corrected chi connectivity index (χ0v) is 8.60. The van der Waals surface area contributed by atoms with Crippen molar-refractivity contribution in [3.05, 3.63) is 17.0 Å². The number of rotatable bonds is 0. The van der Waals surface area contributed by atoms with E-state index in [1.165, 1.54) is 37.0 Å². The number of nitrogens with one attached hydrogen (secondary N) is 1. The molecule has 1 aliphatic carbocycles. The predicted octanol–water partition coefficient (Wildman–Crippen LogP) is 1.55. The van der Waals surface area contributed by atoms with E-state index in [0.29, 0.717) is 5.41 Å². The monoisotopic (exact) mass is 192 g/mol. The van der Waals surface area contributed by atoms with Gasteiger partial charge in [-0.2, -0.15) is 0 Å². The molecule has 0 radical (unpaired) electrons. The summed E-state index contributed by atoms with van der Waals surface area (Å²) in [6.07, 6.45) is 4.88. The van der Waals surface area contributed by atoms with Crippen LogP contribution in [-0.4, -0.2) is 18.2 Å². The normalized spacial score (nSPS) is 24.1. The van der Waals surface area contributed by atoms with E-state index in [9.17, 15) is 0 Å². The summed E-state index contributed by atoms with van der Waals surface area (Å²) in [5.41, 5.74) is 2.84. The maximum absolute atomic E-state index is 5.52. The molecule has 0 unspecified atom stereocenters. The predicted molar refractivity (Wildman–Crippen MR) is 53.3 cm³/mol. The van der Waals surface area contributed by atoms with Gasteiger partial charge in [-0.05, 0) is 45.7 Å². The van der Waals surface area contributed by atoms with E-state index < -0.39 is 0 Å². The van der Waals surface area contributed by atoms with Gasteiger partial charge in [0.2, 0.25) is 0 Å². The Hall–Kier alpha value is -0.830. The van der Waals surface area contributed by atoms with Crippen molar-refractivity contribution in [3.8, 4) is 0 Å². The lowest BCUT2D eigenvalue weighted by atomic mass is 9.77. The van der Waals surface area contributed by atoms with Gasteiger partial charge < -0.3 is 9.84 Å². The molecule has 2 heterocycles. The summed E-state index contributed by atoms with van der Waals surface area (Å²) in [6, 6.07) is 0. The van der Waals surface area contributed by atoms with Crippen LogP contribution in [0.5, 0.6) is 0 Å². The van der Waals surface area contributed by atoms with Gasteiger partial charge >= 0.3 is 0 Å². The molecule has 1 aliphatic heterocycles. The summed E-state index contributed by atoms with van der Waals surface area (Å²) in [6.45, 7) is 4.31. The Morgan fingerprint density at radius 1 is 1.29 bits per heavy atom. The fourth-order valence-corrected chi connectivity index (χ4v) is 2.96. The first kappa shape index (κ1) is 8.48. The number of fused-ring (bicyclic) bond motifs is 2. The lowest BCUT2D eigenvalue weighted by Gasteiger charge is -2.32. The summed E-state index contributed by atoms with van der Waals surface area (Å²) >= 11 is 0. The number of aromatic nitrogens is 1. The second-order valence-electron chi connectivity index (χ2n) is 4.61. The maximum atomic E-state index is 5.52. The molecule has 14 heavy (non-hydrogen) atoms. The molecule has 0 amide bonds. The Labute approximate surface area is 83.9 Å². The molecule has 0 atom stereocenters. The molecule has 1 aromatic rings. The summed E-state index contributed by atoms with van der Waals surface area (Å²) < 4.78 is 5.52. The summed E-state index contributed by atoms with van der Waals surface area (Å²) in [5.74, 6) is 1.21. The third kappa shape index (κ3) is 0.989. The summed E-state index contributed by atoms with van der Waals surface area (Å²) in [7, 11) is 0. The van der Waals surface area contributed by atoms with Crippen LogP contribution in [0.3, 0.4) is 0 Å². The molecule has 1 spiro atoms. The van der Waals surface area contributed by atoms with Gasteiger partial charge in [0.1, 0.15) is 5.76 Å². The van der Waals surface area contributed by atoms with Gasteiger partial charge in [0.05, 0.1) is 5.69 Å². The van der Waals surface area contributed by atoms with Crippen molar-refractivity contribution in [2.75, 3.05) is 13.1 Å². The molecular formula is C11H16N2O. The van der Waals surface area contributed by atoms with E-state index in [1.807, 2.05) is 0 Å². The molecule has 0 aromatic carbocycles.